The van der Waals surface area contributed by atoms with E-state index in [9.17, 15) is 10.2 Å². The van der Waals surface area contributed by atoms with E-state index in [-0.39, 0.29) is 13.2 Å². The lowest BCUT2D eigenvalue weighted by molar-refractivity contribution is 0.0383. The lowest BCUT2D eigenvalue weighted by Crippen LogP contribution is -2.38. The molecule has 0 atom stereocenters. The monoisotopic (exact) mass is 320 g/mol. The Morgan fingerprint density at radius 1 is 1.22 bits per heavy atom. The predicted molar refractivity (Wildman–Crippen MR) is 87.1 cm³/mol. The van der Waals surface area contributed by atoms with Crippen LogP contribution in [-0.2, 0) is 6.54 Å². The molecule has 126 valence electrons. The van der Waals surface area contributed by atoms with E-state index in [0.29, 0.717) is 24.7 Å². The molecule has 23 heavy (non-hydrogen) atoms. The lowest BCUT2D eigenvalue weighted by atomic mass is 9.92. The second kappa shape index (κ2) is 7.59. The van der Waals surface area contributed by atoms with Crippen molar-refractivity contribution in [2.75, 3.05) is 33.9 Å². The summed E-state index contributed by atoms with van der Waals surface area (Å²) in [7, 11) is 3.53. The molecule has 1 aromatic heterocycles. The molecule has 1 heterocycles. The number of aliphatic hydroxyl groups excluding tert-OH is 2. The molecule has 0 amide bonds. The molecular formula is C17H24N2O4. The Labute approximate surface area is 136 Å². The molecule has 0 aliphatic rings. The Morgan fingerprint density at radius 2 is 1.87 bits per heavy atom. The van der Waals surface area contributed by atoms with Gasteiger partial charge in [-0.2, -0.15) is 0 Å². The van der Waals surface area contributed by atoms with E-state index in [2.05, 4.69) is 4.98 Å². The van der Waals surface area contributed by atoms with Crippen molar-refractivity contribution in [3.8, 4) is 17.1 Å². The van der Waals surface area contributed by atoms with Gasteiger partial charge in [-0.3, -0.25) is 4.90 Å². The van der Waals surface area contributed by atoms with Crippen molar-refractivity contribution in [3.63, 3.8) is 0 Å². The van der Waals surface area contributed by atoms with Crippen molar-refractivity contribution in [1.29, 1.82) is 0 Å². The Bertz CT molecular complexity index is 605. The van der Waals surface area contributed by atoms with Crippen molar-refractivity contribution < 1.29 is 19.4 Å². The Kier molecular flexibility index (Phi) is 5.76. The molecule has 6 heteroatoms. The Hall–Kier alpha value is -1.89. The number of ether oxygens (including phenoxy) is 1. The first-order valence-corrected chi connectivity index (χ1v) is 7.49. The normalized spacial score (nSPS) is 11.9. The predicted octanol–water partition coefficient (Wildman–Crippen LogP) is 1.77. The highest BCUT2D eigenvalue weighted by atomic mass is 16.5. The lowest BCUT2D eigenvalue weighted by Gasteiger charge is -2.29. The topological polar surface area (TPSA) is 79.0 Å². The van der Waals surface area contributed by atoms with Gasteiger partial charge in [-0.05, 0) is 31.3 Å². The van der Waals surface area contributed by atoms with E-state index < -0.39 is 5.41 Å². The summed E-state index contributed by atoms with van der Waals surface area (Å²) in [4.78, 5) is 6.26. The Morgan fingerprint density at radius 3 is 2.43 bits per heavy atom. The summed E-state index contributed by atoms with van der Waals surface area (Å²) in [6.07, 6.45) is 1.70. The fourth-order valence-corrected chi connectivity index (χ4v) is 2.36. The van der Waals surface area contributed by atoms with Crippen LogP contribution in [0.1, 0.15) is 12.8 Å². The number of hydrogen-bond acceptors (Lipinski definition) is 6. The van der Waals surface area contributed by atoms with Gasteiger partial charge >= 0.3 is 0 Å². The van der Waals surface area contributed by atoms with Gasteiger partial charge in [-0.1, -0.05) is 6.92 Å². The molecular weight excluding hydrogens is 296 g/mol. The molecule has 0 radical (unpaired) electrons. The number of aliphatic hydroxyl groups is 2. The number of rotatable bonds is 8. The molecule has 0 unspecified atom stereocenters. The van der Waals surface area contributed by atoms with E-state index in [1.807, 2.05) is 43.1 Å². The van der Waals surface area contributed by atoms with Crippen LogP contribution in [0.15, 0.2) is 34.9 Å². The van der Waals surface area contributed by atoms with Crippen LogP contribution in [0.3, 0.4) is 0 Å². The molecule has 0 aliphatic heterocycles. The van der Waals surface area contributed by atoms with Crippen molar-refractivity contribution >= 4 is 0 Å². The summed E-state index contributed by atoms with van der Waals surface area (Å²) in [5.41, 5.74) is 0.392. The summed E-state index contributed by atoms with van der Waals surface area (Å²) in [5.74, 6) is 2.08. The molecule has 0 spiro atoms. The molecule has 1 aromatic carbocycles. The molecule has 0 saturated heterocycles. The van der Waals surface area contributed by atoms with E-state index in [4.69, 9.17) is 9.15 Å². The SMILES string of the molecule is COc1ccc(-c2cnc(CN(C)CC(C)(CO)CO)o2)cc1. The van der Waals surface area contributed by atoms with Crippen LogP contribution in [0.25, 0.3) is 11.3 Å². The average molecular weight is 320 g/mol. The van der Waals surface area contributed by atoms with Gasteiger partial charge in [-0.15, -0.1) is 0 Å². The van der Waals surface area contributed by atoms with Gasteiger partial charge in [0.1, 0.15) is 5.75 Å². The highest BCUT2D eigenvalue weighted by Crippen LogP contribution is 2.24. The molecule has 2 aromatic rings. The minimum atomic E-state index is -0.542. The third kappa shape index (κ3) is 4.54. The van der Waals surface area contributed by atoms with Crippen molar-refractivity contribution in [2.45, 2.75) is 13.5 Å². The standard InChI is InChI=1S/C17H24N2O4/c1-17(11-20,12-21)10-19(2)9-16-18-8-15(23-16)13-4-6-14(22-3)7-5-13/h4-8,20-21H,9-12H2,1-3H3. The summed E-state index contributed by atoms with van der Waals surface area (Å²) in [6.45, 7) is 2.74. The summed E-state index contributed by atoms with van der Waals surface area (Å²) in [6, 6.07) is 7.58. The highest BCUT2D eigenvalue weighted by Gasteiger charge is 2.25. The van der Waals surface area contributed by atoms with Crippen molar-refractivity contribution in [3.05, 3.63) is 36.4 Å². The minimum absolute atomic E-state index is 0.0729. The molecule has 0 bridgehead atoms. The Balaban J connectivity index is 2.01. The first kappa shape index (κ1) is 17.5. The highest BCUT2D eigenvalue weighted by molar-refractivity contribution is 5.57. The van der Waals surface area contributed by atoms with Crippen LogP contribution in [0.5, 0.6) is 5.75 Å². The summed E-state index contributed by atoms with van der Waals surface area (Å²) < 4.78 is 10.9. The summed E-state index contributed by atoms with van der Waals surface area (Å²) in [5, 5.41) is 18.7. The number of methoxy groups -OCH3 is 1. The molecule has 0 aliphatic carbocycles. The third-order valence-electron chi connectivity index (χ3n) is 3.75. The van der Waals surface area contributed by atoms with Gasteiger partial charge in [-0.25, -0.2) is 4.98 Å². The minimum Gasteiger partial charge on any atom is -0.497 e. The van der Waals surface area contributed by atoms with Gasteiger partial charge in [0.2, 0.25) is 5.89 Å². The largest absolute Gasteiger partial charge is 0.497 e. The third-order valence-corrected chi connectivity index (χ3v) is 3.75. The molecule has 6 nitrogen and oxygen atoms in total. The van der Waals surface area contributed by atoms with Crippen LogP contribution in [-0.4, -0.2) is 54.0 Å². The smallest absolute Gasteiger partial charge is 0.209 e. The number of aromatic nitrogens is 1. The fourth-order valence-electron chi connectivity index (χ4n) is 2.36. The maximum atomic E-state index is 9.36. The fraction of sp³-hybridized carbons (Fsp3) is 0.471. The molecule has 0 fully saturated rings. The van der Waals surface area contributed by atoms with Crippen molar-refractivity contribution in [2.24, 2.45) is 5.41 Å². The maximum absolute atomic E-state index is 9.36. The molecule has 2 rings (SSSR count). The average Bonchev–Trinajstić information content (AvgIpc) is 3.03. The number of nitrogens with zero attached hydrogens (tertiary/aromatic N) is 2. The number of benzene rings is 1. The van der Waals surface area contributed by atoms with E-state index in [1.165, 1.54) is 0 Å². The van der Waals surface area contributed by atoms with Gasteiger partial charge < -0.3 is 19.4 Å². The molecule has 2 N–H and O–H groups in total. The van der Waals surface area contributed by atoms with Gasteiger partial charge in [0.05, 0.1) is 33.1 Å². The second-order valence-electron chi connectivity index (χ2n) is 6.15. The van der Waals surface area contributed by atoms with Crippen molar-refractivity contribution in [1.82, 2.24) is 9.88 Å². The first-order valence-electron chi connectivity index (χ1n) is 7.49. The maximum Gasteiger partial charge on any atom is 0.209 e. The zero-order valence-corrected chi connectivity index (χ0v) is 13.8. The van der Waals surface area contributed by atoms with E-state index in [1.54, 1.807) is 13.3 Å². The zero-order chi connectivity index (χ0) is 16.9. The van der Waals surface area contributed by atoms with Crippen LogP contribution in [0.4, 0.5) is 0 Å². The quantitative estimate of drug-likeness (QED) is 0.772. The van der Waals surface area contributed by atoms with Gasteiger partial charge in [0.25, 0.3) is 0 Å². The number of oxazole rings is 1. The van der Waals surface area contributed by atoms with Gasteiger partial charge in [0, 0.05) is 17.5 Å². The van der Waals surface area contributed by atoms with Crippen LogP contribution >= 0.6 is 0 Å². The summed E-state index contributed by atoms with van der Waals surface area (Å²) >= 11 is 0. The second-order valence-corrected chi connectivity index (χ2v) is 6.15. The molecule has 0 saturated carbocycles. The van der Waals surface area contributed by atoms with E-state index in [0.717, 1.165) is 11.3 Å². The first-order chi connectivity index (χ1) is 11.0. The van der Waals surface area contributed by atoms with Gasteiger partial charge in [0.15, 0.2) is 5.76 Å². The van der Waals surface area contributed by atoms with Crippen LogP contribution in [0, 0.1) is 5.41 Å². The zero-order valence-electron chi connectivity index (χ0n) is 13.8. The van der Waals surface area contributed by atoms with Crippen LogP contribution < -0.4 is 4.74 Å². The van der Waals surface area contributed by atoms with E-state index >= 15 is 0 Å². The van der Waals surface area contributed by atoms with Crippen LogP contribution in [0.2, 0.25) is 0 Å². The number of hydrogen-bond donors (Lipinski definition) is 2.